The molecule has 0 bridgehead atoms. The number of halogens is 1. The van der Waals surface area contributed by atoms with Crippen molar-refractivity contribution in [1.82, 2.24) is 4.90 Å². The van der Waals surface area contributed by atoms with Gasteiger partial charge in [-0.3, -0.25) is 4.79 Å². The van der Waals surface area contributed by atoms with E-state index in [4.69, 9.17) is 5.26 Å². The van der Waals surface area contributed by atoms with Gasteiger partial charge in [-0.2, -0.15) is 5.26 Å². The molecule has 1 amide bonds. The van der Waals surface area contributed by atoms with Gasteiger partial charge in [-0.15, -0.1) is 0 Å². The number of carbonyl (C=O) groups is 1. The van der Waals surface area contributed by atoms with E-state index in [0.29, 0.717) is 26.2 Å². The van der Waals surface area contributed by atoms with Crippen molar-refractivity contribution in [2.45, 2.75) is 0 Å². The van der Waals surface area contributed by atoms with E-state index in [1.54, 1.807) is 4.90 Å². The van der Waals surface area contributed by atoms with Gasteiger partial charge in [0.25, 0.3) is 5.91 Å². The molecule has 0 aliphatic carbocycles. The number of rotatable bonds is 2. The minimum atomic E-state index is -0.639. The lowest BCUT2D eigenvalue weighted by Crippen LogP contribution is -2.49. The van der Waals surface area contributed by atoms with Crippen molar-refractivity contribution in [2.75, 3.05) is 31.1 Å². The smallest absolute Gasteiger partial charge is 0.256 e. The monoisotopic (exact) mass is 309 g/mol. The Morgan fingerprint density at radius 2 is 1.74 bits per heavy atom. The average Bonchev–Trinajstić information content (AvgIpc) is 2.62. The lowest BCUT2D eigenvalue weighted by Gasteiger charge is -2.36. The average molecular weight is 309 g/mol. The number of anilines is 1. The highest BCUT2D eigenvalue weighted by Crippen LogP contribution is 2.18. The third-order valence-corrected chi connectivity index (χ3v) is 4.02. The summed E-state index contributed by atoms with van der Waals surface area (Å²) in [7, 11) is 0. The SMILES string of the molecule is N#Cc1ccc(C(=O)N2CCN(c3ccccc3)CC2)c(F)c1. The highest BCUT2D eigenvalue weighted by Gasteiger charge is 2.24. The highest BCUT2D eigenvalue weighted by molar-refractivity contribution is 5.94. The zero-order valence-electron chi connectivity index (χ0n) is 12.6. The van der Waals surface area contributed by atoms with Gasteiger partial charge >= 0.3 is 0 Å². The maximum atomic E-state index is 14.0. The van der Waals surface area contributed by atoms with Crippen molar-refractivity contribution in [2.24, 2.45) is 0 Å². The van der Waals surface area contributed by atoms with Crippen LogP contribution in [-0.2, 0) is 0 Å². The van der Waals surface area contributed by atoms with Gasteiger partial charge in [0.05, 0.1) is 17.2 Å². The van der Waals surface area contributed by atoms with Crippen LogP contribution in [0.1, 0.15) is 15.9 Å². The van der Waals surface area contributed by atoms with Gasteiger partial charge in [0.15, 0.2) is 0 Å². The van der Waals surface area contributed by atoms with Crippen LogP contribution in [0.2, 0.25) is 0 Å². The molecule has 0 spiro atoms. The summed E-state index contributed by atoms with van der Waals surface area (Å²) in [4.78, 5) is 16.3. The molecule has 5 heteroatoms. The van der Waals surface area contributed by atoms with Crippen LogP contribution in [0.3, 0.4) is 0 Å². The first-order valence-electron chi connectivity index (χ1n) is 7.48. The van der Waals surface area contributed by atoms with Gasteiger partial charge in [0.1, 0.15) is 5.82 Å². The van der Waals surface area contributed by atoms with Crippen molar-refractivity contribution < 1.29 is 9.18 Å². The Morgan fingerprint density at radius 1 is 1.04 bits per heavy atom. The number of benzene rings is 2. The molecule has 0 N–H and O–H groups in total. The van der Waals surface area contributed by atoms with Crippen molar-refractivity contribution in [3.05, 3.63) is 65.5 Å². The van der Waals surface area contributed by atoms with E-state index in [-0.39, 0.29) is 17.0 Å². The van der Waals surface area contributed by atoms with Gasteiger partial charge in [-0.1, -0.05) is 18.2 Å². The third kappa shape index (κ3) is 3.16. The Labute approximate surface area is 134 Å². The fourth-order valence-electron chi connectivity index (χ4n) is 2.73. The van der Waals surface area contributed by atoms with Crippen LogP contribution >= 0.6 is 0 Å². The summed E-state index contributed by atoms with van der Waals surface area (Å²) in [5, 5.41) is 8.76. The fraction of sp³-hybridized carbons (Fsp3) is 0.222. The van der Waals surface area contributed by atoms with Crippen LogP contribution in [0.25, 0.3) is 0 Å². The molecule has 116 valence electrons. The first-order chi connectivity index (χ1) is 11.2. The number of nitrogens with zero attached hydrogens (tertiary/aromatic N) is 3. The molecule has 0 saturated carbocycles. The quantitative estimate of drug-likeness (QED) is 0.857. The molecule has 0 radical (unpaired) electrons. The maximum absolute atomic E-state index is 14.0. The Bertz CT molecular complexity index is 747. The third-order valence-electron chi connectivity index (χ3n) is 4.02. The molecule has 4 nitrogen and oxygen atoms in total. The van der Waals surface area contributed by atoms with Gasteiger partial charge in [-0.05, 0) is 30.3 Å². The summed E-state index contributed by atoms with van der Waals surface area (Å²) < 4.78 is 14.0. The van der Waals surface area contributed by atoms with Gasteiger partial charge in [0, 0.05) is 31.9 Å². The van der Waals surface area contributed by atoms with Gasteiger partial charge < -0.3 is 9.80 Å². The molecule has 1 heterocycles. The summed E-state index contributed by atoms with van der Waals surface area (Å²) >= 11 is 0. The van der Waals surface area contributed by atoms with E-state index in [9.17, 15) is 9.18 Å². The van der Waals surface area contributed by atoms with Crippen molar-refractivity contribution >= 4 is 11.6 Å². The summed E-state index contributed by atoms with van der Waals surface area (Å²) in [5.41, 5.74) is 1.37. The first kappa shape index (κ1) is 15.0. The van der Waals surface area contributed by atoms with E-state index in [1.165, 1.54) is 12.1 Å². The molecule has 0 atom stereocenters. The number of amides is 1. The van der Waals surface area contributed by atoms with Crippen LogP contribution in [0, 0.1) is 17.1 Å². The summed E-state index contributed by atoms with van der Waals surface area (Å²) in [6.07, 6.45) is 0. The zero-order chi connectivity index (χ0) is 16.2. The fourth-order valence-corrected chi connectivity index (χ4v) is 2.73. The van der Waals surface area contributed by atoms with E-state index in [0.717, 1.165) is 11.8 Å². The summed E-state index contributed by atoms with van der Waals surface area (Å²) in [6, 6.07) is 15.8. The van der Waals surface area contributed by atoms with Gasteiger partial charge in [0.2, 0.25) is 0 Å². The van der Waals surface area contributed by atoms with Crippen LogP contribution in [0.5, 0.6) is 0 Å². The maximum Gasteiger partial charge on any atom is 0.256 e. The molecule has 3 rings (SSSR count). The largest absolute Gasteiger partial charge is 0.368 e. The lowest BCUT2D eigenvalue weighted by molar-refractivity contribution is 0.0742. The molecule has 0 unspecified atom stereocenters. The second-order valence-electron chi connectivity index (χ2n) is 5.42. The van der Waals surface area contributed by atoms with Crippen LogP contribution in [0.15, 0.2) is 48.5 Å². The zero-order valence-corrected chi connectivity index (χ0v) is 12.6. The number of para-hydroxylation sites is 1. The Morgan fingerprint density at radius 3 is 2.35 bits per heavy atom. The Kier molecular flexibility index (Phi) is 4.24. The van der Waals surface area contributed by atoms with E-state index in [2.05, 4.69) is 4.90 Å². The number of carbonyl (C=O) groups excluding carboxylic acids is 1. The Hall–Kier alpha value is -2.87. The molecule has 1 aliphatic rings. The predicted molar refractivity (Wildman–Crippen MR) is 85.7 cm³/mol. The van der Waals surface area contributed by atoms with E-state index < -0.39 is 5.82 Å². The molecule has 1 aliphatic heterocycles. The number of nitriles is 1. The molecule has 2 aromatic carbocycles. The standard InChI is InChI=1S/C18H16FN3O/c19-17-12-14(13-20)6-7-16(17)18(23)22-10-8-21(9-11-22)15-4-2-1-3-5-15/h1-7,12H,8-11H2. The van der Waals surface area contributed by atoms with Crippen LogP contribution in [-0.4, -0.2) is 37.0 Å². The highest BCUT2D eigenvalue weighted by atomic mass is 19.1. The van der Waals surface area contributed by atoms with Crippen molar-refractivity contribution in [1.29, 1.82) is 5.26 Å². The second-order valence-corrected chi connectivity index (χ2v) is 5.42. The molecule has 2 aromatic rings. The number of hydrogen-bond acceptors (Lipinski definition) is 3. The second kappa shape index (κ2) is 6.49. The topological polar surface area (TPSA) is 47.3 Å². The van der Waals surface area contributed by atoms with Crippen molar-refractivity contribution in [3.63, 3.8) is 0 Å². The number of piperazine rings is 1. The van der Waals surface area contributed by atoms with Gasteiger partial charge in [-0.25, -0.2) is 4.39 Å². The summed E-state index contributed by atoms with van der Waals surface area (Å²) in [5.74, 6) is -0.959. The first-order valence-corrected chi connectivity index (χ1v) is 7.48. The normalized spacial score (nSPS) is 14.4. The molecular formula is C18H16FN3O. The van der Waals surface area contributed by atoms with E-state index >= 15 is 0 Å². The molecule has 0 aromatic heterocycles. The molecular weight excluding hydrogens is 293 g/mol. The minimum Gasteiger partial charge on any atom is -0.368 e. The van der Waals surface area contributed by atoms with Crippen LogP contribution < -0.4 is 4.90 Å². The van der Waals surface area contributed by atoms with Crippen LogP contribution in [0.4, 0.5) is 10.1 Å². The molecule has 1 saturated heterocycles. The number of hydrogen-bond donors (Lipinski definition) is 0. The van der Waals surface area contributed by atoms with Crippen molar-refractivity contribution in [3.8, 4) is 6.07 Å². The Balaban J connectivity index is 1.68. The molecule has 1 fully saturated rings. The lowest BCUT2D eigenvalue weighted by atomic mass is 10.1. The predicted octanol–water partition coefficient (Wildman–Crippen LogP) is 2.66. The molecule has 23 heavy (non-hydrogen) atoms. The summed E-state index contributed by atoms with van der Waals surface area (Å²) in [6.45, 7) is 2.53. The minimum absolute atomic E-state index is 0.0251. The van der Waals surface area contributed by atoms with E-state index in [1.807, 2.05) is 36.4 Å².